The molecule has 4 rings (SSSR count). The summed E-state index contributed by atoms with van der Waals surface area (Å²) in [5.74, 6) is 1.27. The molecule has 1 atom stereocenters. The number of methoxy groups -OCH3 is 1. The van der Waals surface area contributed by atoms with Gasteiger partial charge >= 0.3 is 0 Å². The lowest BCUT2D eigenvalue weighted by molar-refractivity contribution is 0.0715. The third-order valence-electron chi connectivity index (χ3n) is 5.74. The molecule has 0 saturated carbocycles. The molecular weight excluding hydrogens is 340 g/mol. The Kier molecular flexibility index (Phi) is 5.43. The summed E-state index contributed by atoms with van der Waals surface area (Å²) in [5.41, 5.74) is 1.82. The Hall–Kier alpha value is -2.34. The molecule has 6 nitrogen and oxygen atoms in total. The van der Waals surface area contributed by atoms with Crippen molar-refractivity contribution in [1.82, 2.24) is 19.6 Å². The summed E-state index contributed by atoms with van der Waals surface area (Å²) in [6.45, 7) is 5.84. The van der Waals surface area contributed by atoms with Crippen LogP contribution in [0.15, 0.2) is 36.5 Å². The molecule has 1 fully saturated rings. The molecule has 1 aromatic heterocycles. The maximum Gasteiger partial charge on any atom is 0.254 e. The second-order valence-electron chi connectivity index (χ2n) is 7.62. The molecule has 3 heterocycles. The van der Waals surface area contributed by atoms with E-state index in [1.165, 1.54) is 25.9 Å². The van der Waals surface area contributed by atoms with Gasteiger partial charge in [0.25, 0.3) is 5.91 Å². The number of carbonyl (C=O) groups is 1. The monoisotopic (exact) mass is 368 g/mol. The predicted molar refractivity (Wildman–Crippen MR) is 104 cm³/mol. The Balaban J connectivity index is 1.49. The number of nitrogens with zero attached hydrogens (tertiary/aromatic N) is 4. The molecule has 2 aliphatic heterocycles. The zero-order chi connectivity index (χ0) is 18.6. The minimum atomic E-state index is 0.0819. The van der Waals surface area contributed by atoms with E-state index in [9.17, 15) is 4.79 Å². The van der Waals surface area contributed by atoms with Crippen molar-refractivity contribution in [2.24, 2.45) is 5.92 Å². The minimum Gasteiger partial charge on any atom is -0.497 e. The first-order valence-corrected chi connectivity index (χ1v) is 9.89. The van der Waals surface area contributed by atoms with E-state index in [1.54, 1.807) is 7.11 Å². The number of rotatable bonds is 5. The first-order valence-electron chi connectivity index (χ1n) is 9.89. The molecule has 1 saturated heterocycles. The van der Waals surface area contributed by atoms with E-state index >= 15 is 0 Å². The van der Waals surface area contributed by atoms with Gasteiger partial charge in [0, 0.05) is 24.8 Å². The number of ether oxygens (including phenoxy) is 1. The van der Waals surface area contributed by atoms with Crippen LogP contribution in [-0.4, -0.2) is 58.8 Å². The molecule has 27 heavy (non-hydrogen) atoms. The Morgan fingerprint density at radius 3 is 2.67 bits per heavy atom. The molecular formula is C21H28N4O2. The number of carbonyl (C=O) groups excluding carboxylic acids is 1. The van der Waals surface area contributed by atoms with E-state index < -0.39 is 0 Å². The lowest BCUT2D eigenvalue weighted by Crippen LogP contribution is -2.35. The molecule has 1 aromatic carbocycles. The highest BCUT2D eigenvalue weighted by atomic mass is 16.5. The molecule has 2 aromatic rings. The van der Waals surface area contributed by atoms with Gasteiger partial charge < -0.3 is 14.5 Å². The third-order valence-corrected chi connectivity index (χ3v) is 5.74. The van der Waals surface area contributed by atoms with Crippen LogP contribution in [0.4, 0.5) is 0 Å². The fourth-order valence-corrected chi connectivity index (χ4v) is 4.16. The second kappa shape index (κ2) is 8.13. The van der Waals surface area contributed by atoms with E-state index in [4.69, 9.17) is 4.74 Å². The number of aromatic nitrogens is 2. The van der Waals surface area contributed by atoms with Crippen molar-refractivity contribution in [3.63, 3.8) is 0 Å². The van der Waals surface area contributed by atoms with Gasteiger partial charge in [-0.1, -0.05) is 0 Å². The van der Waals surface area contributed by atoms with Crippen LogP contribution in [0.1, 0.15) is 35.3 Å². The van der Waals surface area contributed by atoms with E-state index in [-0.39, 0.29) is 5.91 Å². The third kappa shape index (κ3) is 4.16. The highest BCUT2D eigenvalue weighted by Crippen LogP contribution is 2.22. The topological polar surface area (TPSA) is 50.6 Å². The van der Waals surface area contributed by atoms with E-state index in [1.807, 2.05) is 41.4 Å². The Morgan fingerprint density at radius 1 is 1.15 bits per heavy atom. The van der Waals surface area contributed by atoms with Gasteiger partial charge in [-0.25, -0.2) is 0 Å². The molecule has 1 amide bonds. The summed E-state index contributed by atoms with van der Waals surface area (Å²) in [5, 5.41) is 4.48. The van der Waals surface area contributed by atoms with Gasteiger partial charge in [0.15, 0.2) is 0 Å². The average Bonchev–Trinajstić information content (AvgIpc) is 3.34. The summed E-state index contributed by atoms with van der Waals surface area (Å²) in [6.07, 6.45) is 5.58. The number of benzene rings is 1. The fraction of sp³-hybridized carbons (Fsp3) is 0.524. The molecule has 6 heteroatoms. The van der Waals surface area contributed by atoms with Crippen LogP contribution in [-0.2, 0) is 13.1 Å². The SMILES string of the molecule is COc1ccc(C(=O)N2Cc3ccnn3C[C@@H](CCN3CCCC3)C2)cc1. The Morgan fingerprint density at radius 2 is 1.93 bits per heavy atom. The number of amides is 1. The average molecular weight is 368 g/mol. The Bertz CT molecular complexity index is 765. The summed E-state index contributed by atoms with van der Waals surface area (Å²) >= 11 is 0. The molecule has 0 N–H and O–H groups in total. The first kappa shape index (κ1) is 18.0. The fourth-order valence-electron chi connectivity index (χ4n) is 4.16. The van der Waals surface area contributed by atoms with Gasteiger partial charge in [0.05, 0.1) is 19.3 Å². The zero-order valence-electron chi connectivity index (χ0n) is 16.0. The van der Waals surface area contributed by atoms with Crippen molar-refractivity contribution in [3.05, 3.63) is 47.8 Å². The van der Waals surface area contributed by atoms with Crippen LogP contribution in [0.25, 0.3) is 0 Å². The zero-order valence-corrected chi connectivity index (χ0v) is 16.0. The molecule has 0 unspecified atom stereocenters. The molecule has 0 aliphatic carbocycles. The van der Waals surface area contributed by atoms with Crippen molar-refractivity contribution in [2.75, 3.05) is 33.3 Å². The summed E-state index contributed by atoms with van der Waals surface area (Å²) < 4.78 is 7.29. The van der Waals surface area contributed by atoms with Crippen molar-refractivity contribution < 1.29 is 9.53 Å². The number of hydrogen-bond acceptors (Lipinski definition) is 4. The van der Waals surface area contributed by atoms with Gasteiger partial charge in [-0.15, -0.1) is 0 Å². The van der Waals surface area contributed by atoms with E-state index in [0.717, 1.165) is 37.5 Å². The Labute approximate surface area is 160 Å². The molecule has 0 spiro atoms. The van der Waals surface area contributed by atoms with Crippen LogP contribution in [0.3, 0.4) is 0 Å². The number of hydrogen-bond donors (Lipinski definition) is 0. The highest BCUT2D eigenvalue weighted by molar-refractivity contribution is 5.94. The van der Waals surface area contributed by atoms with Gasteiger partial charge in [-0.3, -0.25) is 9.48 Å². The molecule has 2 aliphatic rings. The van der Waals surface area contributed by atoms with Crippen molar-refractivity contribution in [2.45, 2.75) is 32.4 Å². The molecule has 0 radical (unpaired) electrons. The van der Waals surface area contributed by atoms with Crippen molar-refractivity contribution in [1.29, 1.82) is 0 Å². The van der Waals surface area contributed by atoms with Crippen molar-refractivity contribution >= 4 is 5.91 Å². The normalized spacial score (nSPS) is 20.3. The van der Waals surface area contributed by atoms with Crippen LogP contribution in [0.5, 0.6) is 5.75 Å². The molecule has 0 bridgehead atoms. The van der Waals surface area contributed by atoms with Gasteiger partial charge in [-0.2, -0.15) is 5.10 Å². The van der Waals surface area contributed by atoms with Crippen LogP contribution in [0, 0.1) is 5.92 Å². The standard InChI is InChI=1S/C21H28N4O2/c1-27-20-6-4-18(5-7-20)21(26)24-14-17(9-13-23-11-2-3-12-23)15-25-19(16-24)8-10-22-25/h4-8,10,17H,2-3,9,11-16H2,1H3/t17-/m0/s1. The quantitative estimate of drug-likeness (QED) is 0.814. The lowest BCUT2D eigenvalue weighted by Gasteiger charge is -2.25. The van der Waals surface area contributed by atoms with Crippen molar-refractivity contribution in [3.8, 4) is 5.75 Å². The lowest BCUT2D eigenvalue weighted by atomic mass is 10.0. The highest BCUT2D eigenvalue weighted by Gasteiger charge is 2.27. The number of fused-ring (bicyclic) bond motifs is 1. The summed E-state index contributed by atoms with van der Waals surface area (Å²) in [4.78, 5) is 17.7. The van der Waals surface area contributed by atoms with Gasteiger partial charge in [0.1, 0.15) is 5.75 Å². The van der Waals surface area contributed by atoms with E-state index in [2.05, 4.69) is 14.7 Å². The minimum absolute atomic E-state index is 0.0819. The smallest absolute Gasteiger partial charge is 0.254 e. The van der Waals surface area contributed by atoms with Gasteiger partial charge in [-0.05, 0) is 75.1 Å². The second-order valence-corrected chi connectivity index (χ2v) is 7.62. The maximum atomic E-state index is 13.1. The molecule has 144 valence electrons. The van der Waals surface area contributed by atoms with E-state index in [0.29, 0.717) is 18.0 Å². The maximum absolute atomic E-state index is 13.1. The van der Waals surface area contributed by atoms with Crippen LogP contribution >= 0.6 is 0 Å². The largest absolute Gasteiger partial charge is 0.497 e. The summed E-state index contributed by atoms with van der Waals surface area (Å²) in [6, 6.07) is 9.42. The first-order chi connectivity index (χ1) is 13.2. The predicted octanol–water partition coefficient (Wildman–Crippen LogP) is 2.65. The number of likely N-dealkylation sites (tertiary alicyclic amines) is 1. The van der Waals surface area contributed by atoms with Gasteiger partial charge in [0.2, 0.25) is 0 Å². The van der Waals surface area contributed by atoms with Crippen LogP contribution in [0.2, 0.25) is 0 Å². The van der Waals surface area contributed by atoms with Crippen LogP contribution < -0.4 is 4.74 Å². The summed E-state index contributed by atoms with van der Waals surface area (Å²) in [7, 11) is 1.64.